The highest BCUT2D eigenvalue weighted by Crippen LogP contribution is 2.64. The number of aliphatic hydroxyl groups is 1. The Morgan fingerprint density at radius 2 is 1.75 bits per heavy atom. The fourth-order valence-electron chi connectivity index (χ4n) is 7.70. The summed E-state index contributed by atoms with van der Waals surface area (Å²) >= 11 is 3.42. The molecule has 136 valence electrons. The first-order valence-corrected chi connectivity index (χ1v) is 11.3. The fraction of sp³-hybridized carbons (Fsp3) is 0.952. The zero-order valence-electron chi connectivity index (χ0n) is 15.3. The fourth-order valence-corrected chi connectivity index (χ4v) is 8.09. The Bertz CT molecular complexity index is 516. The molecule has 0 aromatic carbocycles. The van der Waals surface area contributed by atoms with Crippen LogP contribution in [0.5, 0.6) is 0 Å². The molecule has 4 fully saturated rings. The summed E-state index contributed by atoms with van der Waals surface area (Å²) in [6.45, 7) is 4.48. The lowest BCUT2D eigenvalue weighted by Gasteiger charge is -2.56. The van der Waals surface area contributed by atoms with Gasteiger partial charge in [-0.05, 0) is 99.7 Å². The van der Waals surface area contributed by atoms with Crippen LogP contribution in [0.1, 0.15) is 71.6 Å². The maximum Gasteiger partial charge on any atom is 0.147 e. The van der Waals surface area contributed by atoms with Gasteiger partial charge in [-0.15, -0.1) is 0 Å². The number of hydrogen-bond acceptors (Lipinski definition) is 2. The van der Waals surface area contributed by atoms with E-state index in [4.69, 9.17) is 0 Å². The molecule has 0 heterocycles. The Morgan fingerprint density at radius 1 is 1.00 bits per heavy atom. The third-order valence-corrected chi connectivity index (χ3v) is 9.31. The lowest BCUT2D eigenvalue weighted by Crippen LogP contribution is -2.51. The molecule has 24 heavy (non-hydrogen) atoms. The van der Waals surface area contributed by atoms with Gasteiger partial charge in [-0.2, -0.15) is 0 Å². The van der Waals surface area contributed by atoms with E-state index in [1.807, 2.05) is 6.92 Å². The maximum atomic E-state index is 12.5. The third kappa shape index (κ3) is 2.64. The molecule has 3 heteroatoms. The lowest BCUT2D eigenvalue weighted by atomic mass is 9.49. The van der Waals surface area contributed by atoms with Gasteiger partial charge in [-0.25, -0.2) is 0 Å². The largest absolute Gasteiger partial charge is 0.390 e. The van der Waals surface area contributed by atoms with E-state index in [0.29, 0.717) is 17.0 Å². The summed E-state index contributed by atoms with van der Waals surface area (Å²) in [7, 11) is 0. The van der Waals surface area contributed by atoms with Gasteiger partial charge in [0.25, 0.3) is 0 Å². The van der Waals surface area contributed by atoms with Gasteiger partial charge in [0.2, 0.25) is 0 Å². The summed E-state index contributed by atoms with van der Waals surface area (Å²) in [4.78, 5) is 12.5. The minimum Gasteiger partial charge on any atom is -0.390 e. The summed E-state index contributed by atoms with van der Waals surface area (Å²) in [6.07, 6.45) is 10.9. The van der Waals surface area contributed by atoms with Crippen molar-refractivity contribution in [2.75, 3.05) is 5.33 Å². The van der Waals surface area contributed by atoms with E-state index in [1.165, 1.54) is 38.5 Å². The number of halogens is 1. The molecule has 0 aliphatic heterocycles. The lowest BCUT2D eigenvalue weighted by molar-refractivity contribution is -0.129. The minimum absolute atomic E-state index is 0.263. The number of rotatable bonds is 2. The molecule has 8 atom stereocenters. The van der Waals surface area contributed by atoms with Gasteiger partial charge >= 0.3 is 0 Å². The Hall–Kier alpha value is 0.110. The first-order valence-electron chi connectivity index (χ1n) is 10.2. The van der Waals surface area contributed by atoms with Crippen LogP contribution >= 0.6 is 15.9 Å². The molecule has 0 aromatic heterocycles. The molecule has 4 aliphatic carbocycles. The normalized spacial score (nSPS) is 53.8. The van der Waals surface area contributed by atoms with Crippen molar-refractivity contribution in [2.24, 2.45) is 40.9 Å². The topological polar surface area (TPSA) is 37.3 Å². The minimum atomic E-state index is -0.419. The molecule has 4 rings (SSSR count). The molecule has 4 saturated carbocycles. The van der Waals surface area contributed by atoms with Gasteiger partial charge in [0.05, 0.1) is 10.9 Å². The summed E-state index contributed by atoms with van der Waals surface area (Å²) in [5.41, 5.74) is -0.156. The van der Waals surface area contributed by atoms with E-state index < -0.39 is 5.60 Å². The van der Waals surface area contributed by atoms with Crippen molar-refractivity contribution in [2.45, 2.75) is 77.2 Å². The van der Waals surface area contributed by atoms with Crippen LogP contribution in [0.15, 0.2) is 0 Å². The Morgan fingerprint density at radius 3 is 2.50 bits per heavy atom. The third-order valence-electron chi connectivity index (χ3n) is 8.76. The second-order valence-electron chi connectivity index (χ2n) is 9.95. The molecule has 0 saturated heterocycles. The number of ketones is 1. The van der Waals surface area contributed by atoms with Crippen molar-refractivity contribution < 1.29 is 9.90 Å². The molecule has 4 aliphatic rings. The van der Waals surface area contributed by atoms with Crippen molar-refractivity contribution in [3.05, 3.63) is 0 Å². The predicted octanol–water partition coefficient (Wildman–Crippen LogP) is 4.97. The Labute approximate surface area is 155 Å². The molecular formula is C21H33BrO2. The molecule has 1 N–H and O–H groups in total. The Kier molecular flexibility index (Phi) is 4.44. The van der Waals surface area contributed by atoms with Gasteiger partial charge in [-0.3, -0.25) is 4.79 Å². The molecule has 0 radical (unpaired) electrons. The van der Waals surface area contributed by atoms with E-state index in [2.05, 4.69) is 22.9 Å². The highest BCUT2D eigenvalue weighted by molar-refractivity contribution is 9.09. The summed E-state index contributed by atoms with van der Waals surface area (Å²) in [6, 6.07) is 0. The molecule has 0 aromatic rings. The SMILES string of the molecule is CC1(O)CCC2C(CCC3C2CCC2(C)C(C(=O)CBr)CCC32)C1. The second kappa shape index (κ2) is 6.08. The van der Waals surface area contributed by atoms with Crippen molar-refractivity contribution in [1.82, 2.24) is 0 Å². The van der Waals surface area contributed by atoms with Gasteiger partial charge in [0.1, 0.15) is 5.78 Å². The van der Waals surface area contributed by atoms with Crippen LogP contribution < -0.4 is 0 Å². The summed E-state index contributed by atoms with van der Waals surface area (Å²) in [5, 5.41) is 11.0. The summed E-state index contributed by atoms with van der Waals surface area (Å²) < 4.78 is 0. The van der Waals surface area contributed by atoms with Crippen LogP contribution in [-0.2, 0) is 4.79 Å². The van der Waals surface area contributed by atoms with E-state index >= 15 is 0 Å². The number of alkyl halides is 1. The highest BCUT2D eigenvalue weighted by atomic mass is 79.9. The monoisotopic (exact) mass is 396 g/mol. The number of fused-ring (bicyclic) bond motifs is 5. The van der Waals surface area contributed by atoms with Gasteiger partial charge < -0.3 is 5.11 Å². The zero-order valence-corrected chi connectivity index (χ0v) is 16.9. The van der Waals surface area contributed by atoms with Gasteiger partial charge in [0.15, 0.2) is 0 Å². The average Bonchev–Trinajstić information content (AvgIpc) is 2.90. The van der Waals surface area contributed by atoms with Crippen LogP contribution in [0.3, 0.4) is 0 Å². The number of hydrogen-bond donors (Lipinski definition) is 1. The molecular weight excluding hydrogens is 364 g/mol. The van der Waals surface area contributed by atoms with Gasteiger partial charge in [0, 0.05) is 5.92 Å². The van der Waals surface area contributed by atoms with E-state index in [1.54, 1.807) is 0 Å². The molecule has 8 unspecified atom stereocenters. The Balaban J connectivity index is 1.54. The van der Waals surface area contributed by atoms with Crippen LogP contribution in [0.4, 0.5) is 0 Å². The van der Waals surface area contributed by atoms with Gasteiger partial charge in [-0.1, -0.05) is 22.9 Å². The number of carbonyl (C=O) groups is 1. The van der Waals surface area contributed by atoms with Crippen molar-refractivity contribution >= 4 is 21.7 Å². The van der Waals surface area contributed by atoms with Crippen LogP contribution in [0.2, 0.25) is 0 Å². The molecule has 0 bridgehead atoms. The van der Waals surface area contributed by atoms with E-state index in [-0.39, 0.29) is 5.41 Å². The predicted molar refractivity (Wildman–Crippen MR) is 100 cm³/mol. The van der Waals surface area contributed by atoms with E-state index in [9.17, 15) is 9.90 Å². The van der Waals surface area contributed by atoms with Crippen LogP contribution in [0.25, 0.3) is 0 Å². The first-order chi connectivity index (χ1) is 11.4. The van der Waals surface area contributed by atoms with Crippen molar-refractivity contribution in [3.63, 3.8) is 0 Å². The summed E-state index contributed by atoms with van der Waals surface area (Å²) in [5.74, 6) is 4.83. The van der Waals surface area contributed by atoms with E-state index in [0.717, 1.165) is 48.9 Å². The first kappa shape index (κ1) is 17.5. The average molecular weight is 397 g/mol. The smallest absolute Gasteiger partial charge is 0.147 e. The maximum absolute atomic E-state index is 12.5. The van der Waals surface area contributed by atoms with Crippen LogP contribution in [0, 0.1) is 40.9 Å². The molecule has 2 nitrogen and oxygen atoms in total. The van der Waals surface area contributed by atoms with Crippen molar-refractivity contribution in [1.29, 1.82) is 0 Å². The number of carbonyl (C=O) groups excluding carboxylic acids is 1. The van der Waals surface area contributed by atoms with Crippen molar-refractivity contribution in [3.8, 4) is 0 Å². The second-order valence-corrected chi connectivity index (χ2v) is 10.5. The molecule has 0 spiro atoms. The highest BCUT2D eigenvalue weighted by Gasteiger charge is 2.58. The number of Topliss-reactive ketones (excluding diaryl/α,β-unsaturated/α-hetero) is 1. The standard InChI is InChI=1S/C21H33BrO2/c1-20(24)9-7-14-13(11-20)3-4-16-15(14)8-10-21(2)17(16)5-6-18(21)19(23)12-22/h13-18,24H,3-12H2,1-2H3. The quantitative estimate of drug-likeness (QED) is 0.668. The van der Waals surface area contributed by atoms with Crippen LogP contribution in [-0.4, -0.2) is 21.8 Å². The molecule has 0 amide bonds. The zero-order chi connectivity index (χ0) is 17.1.